The Labute approximate surface area is 432 Å². The molecule has 2 unspecified atom stereocenters. The Hall–Kier alpha value is 1.49. The van der Waals surface area contributed by atoms with E-state index in [-0.39, 0.29) is 24.0 Å². The molecule has 3 aromatic carbocycles. The summed E-state index contributed by atoms with van der Waals surface area (Å²) in [5.74, 6) is -6.22. The van der Waals surface area contributed by atoms with Crippen LogP contribution in [0, 0.1) is 38.0 Å². The van der Waals surface area contributed by atoms with E-state index in [1.54, 1.807) is 18.2 Å². The molecule has 13 nitrogen and oxygen atoms in total. The number of hydrogen-bond acceptors (Lipinski definition) is 8. The van der Waals surface area contributed by atoms with Gasteiger partial charge >= 0.3 is 11.9 Å². The molecule has 1 aliphatic carbocycles. The number of nitrogens with one attached hydrogen (secondary N) is 3. The summed E-state index contributed by atoms with van der Waals surface area (Å²) in [6.45, 7) is -0.697. The molecule has 23 heteroatoms. The second-order valence-corrected chi connectivity index (χ2v) is 23.4. The molecule has 5 N–H and O–H groups in total. The Balaban J connectivity index is 1.82. The van der Waals surface area contributed by atoms with Gasteiger partial charge in [-0.1, -0.05) is 0 Å². The maximum Gasteiger partial charge on any atom is 0.337 e. The van der Waals surface area contributed by atoms with Crippen LogP contribution < -0.4 is 16.0 Å². The Morgan fingerprint density at radius 3 is 1.56 bits per heavy atom. The van der Waals surface area contributed by atoms with Gasteiger partial charge in [0.25, 0.3) is 27.8 Å². The van der Waals surface area contributed by atoms with Crippen LogP contribution in [0.25, 0.3) is 0 Å². The van der Waals surface area contributed by atoms with Gasteiger partial charge in [0.1, 0.15) is 12.4 Å². The van der Waals surface area contributed by atoms with E-state index in [0.29, 0.717) is 29.0 Å². The fourth-order valence-corrected chi connectivity index (χ4v) is 13.3. The number of aromatic carboxylic acids is 1. The molecule has 0 radical (unpaired) electrons. The molecule has 0 bridgehead atoms. The van der Waals surface area contributed by atoms with Crippen LogP contribution in [-0.4, -0.2) is 78.2 Å². The number of halogens is 9. The number of benzene rings is 3. The van der Waals surface area contributed by atoms with E-state index >= 15 is 0 Å². The summed E-state index contributed by atoms with van der Waals surface area (Å²) in [6.07, 6.45) is -0.115. The Kier molecular flexibility index (Phi) is 18.6. The maximum atomic E-state index is 14.0. The molecule has 2 atom stereocenters. The molecular formula is C31H22I9N3O10S. The first-order chi connectivity index (χ1) is 25.1. The van der Waals surface area contributed by atoms with Crippen molar-refractivity contribution in [2.24, 2.45) is 5.92 Å². The highest BCUT2D eigenvalue weighted by Crippen LogP contribution is 2.32. The molecule has 0 heterocycles. The average Bonchev–Trinajstić information content (AvgIpc) is 3.04. The number of esters is 1. The van der Waals surface area contributed by atoms with Crippen LogP contribution >= 0.6 is 203 Å². The lowest BCUT2D eigenvalue weighted by molar-refractivity contribution is -0.151. The summed E-state index contributed by atoms with van der Waals surface area (Å²) in [4.78, 5) is 68.2. The lowest BCUT2D eigenvalue weighted by Crippen LogP contribution is -2.61. The normalized spacial score (nSPS) is 18.4. The van der Waals surface area contributed by atoms with Gasteiger partial charge in [-0.3, -0.25) is 23.7 Å². The van der Waals surface area contributed by atoms with Gasteiger partial charge in [-0.25, -0.2) is 4.79 Å². The van der Waals surface area contributed by atoms with Gasteiger partial charge in [0.2, 0.25) is 0 Å². The summed E-state index contributed by atoms with van der Waals surface area (Å²) in [6, 6.07) is 5.75. The number of amides is 3. The molecule has 0 spiro atoms. The third-order valence-corrected chi connectivity index (χ3v) is 19.7. The van der Waals surface area contributed by atoms with Crippen LogP contribution in [0.15, 0.2) is 30.3 Å². The fraction of sp³-hybridized carbons (Fsp3) is 0.258. The second kappa shape index (κ2) is 20.8. The number of carboxylic acid groups (broad SMARTS) is 1. The number of hydrogen-bond donors (Lipinski definition) is 5. The van der Waals surface area contributed by atoms with Crippen molar-refractivity contribution in [3.8, 4) is 0 Å². The standard InChI is InChI=1S/C31H22I9N3O10S/c32-10-3-13(24(38)16(35)5-10)27(44)42-19-7-12(41-29(46)23-21(30(47)48)15(34)9-18(37)26(23)40)8-20(22(19)31(49)53-1-2-54(50,51)52)43-28(45)14-4-11(33)6-17(36)25(14)39/h3-6,9,12,19-20,22H,1-2,7-8H2,(H,41,46)(H,42,44)(H,43,45)(H,47,48)(H,50,51,52). The Morgan fingerprint density at radius 2 is 1.11 bits per heavy atom. The number of carboxylic acids is 1. The molecule has 0 aliphatic heterocycles. The van der Waals surface area contributed by atoms with E-state index in [4.69, 9.17) is 4.74 Å². The van der Waals surface area contributed by atoms with E-state index in [1.807, 2.05) is 125 Å². The number of ether oxygens (including phenoxy) is 1. The van der Waals surface area contributed by atoms with Crippen molar-refractivity contribution in [1.82, 2.24) is 16.0 Å². The van der Waals surface area contributed by atoms with Crippen LogP contribution in [-0.2, 0) is 19.6 Å². The molecule has 1 aliphatic rings. The zero-order valence-electron chi connectivity index (χ0n) is 26.5. The van der Waals surface area contributed by atoms with Crippen molar-refractivity contribution in [3.05, 3.63) is 84.7 Å². The minimum absolute atomic E-state index is 0.0571. The lowest BCUT2D eigenvalue weighted by atomic mass is 9.77. The van der Waals surface area contributed by atoms with E-state index in [0.717, 1.165) is 14.3 Å². The van der Waals surface area contributed by atoms with Crippen LogP contribution in [0.3, 0.4) is 0 Å². The van der Waals surface area contributed by atoms with Gasteiger partial charge in [0.05, 0.1) is 28.2 Å². The van der Waals surface area contributed by atoms with Crippen LogP contribution in [0.5, 0.6) is 0 Å². The molecule has 1 fully saturated rings. The smallest absolute Gasteiger partial charge is 0.337 e. The summed E-state index contributed by atoms with van der Waals surface area (Å²) in [5, 5.41) is 18.8. The van der Waals surface area contributed by atoms with Gasteiger partial charge < -0.3 is 25.8 Å². The first kappa shape index (κ1) is 48.2. The van der Waals surface area contributed by atoms with E-state index in [2.05, 4.69) is 106 Å². The highest BCUT2D eigenvalue weighted by Gasteiger charge is 2.46. The van der Waals surface area contributed by atoms with E-state index in [9.17, 15) is 42.0 Å². The topological polar surface area (TPSA) is 205 Å². The lowest BCUT2D eigenvalue weighted by Gasteiger charge is -2.41. The van der Waals surface area contributed by atoms with Crippen molar-refractivity contribution < 1.29 is 46.8 Å². The van der Waals surface area contributed by atoms with Gasteiger partial charge in [0, 0.05) is 50.3 Å². The molecule has 0 aromatic heterocycles. The van der Waals surface area contributed by atoms with Crippen LogP contribution in [0.1, 0.15) is 54.3 Å². The number of carbonyl (C=O) groups is 5. The number of rotatable bonds is 11. The van der Waals surface area contributed by atoms with E-state index < -0.39 is 76.2 Å². The molecule has 3 aromatic rings. The molecule has 4 rings (SSSR count). The molecule has 290 valence electrons. The van der Waals surface area contributed by atoms with E-state index in [1.165, 1.54) is 0 Å². The van der Waals surface area contributed by atoms with Gasteiger partial charge in [-0.2, -0.15) is 8.42 Å². The molecule has 54 heavy (non-hydrogen) atoms. The first-order valence-electron chi connectivity index (χ1n) is 14.8. The number of carbonyl (C=O) groups excluding carboxylic acids is 4. The van der Waals surface area contributed by atoms with Crippen molar-refractivity contribution in [2.75, 3.05) is 12.4 Å². The zero-order valence-corrected chi connectivity index (χ0v) is 46.7. The largest absolute Gasteiger partial charge is 0.478 e. The fourth-order valence-electron chi connectivity index (χ4n) is 5.58. The van der Waals surface area contributed by atoms with Gasteiger partial charge in [-0.05, 0) is 246 Å². The zero-order chi connectivity index (χ0) is 40.4. The SMILES string of the molecule is O=C(NC1CC(NC(=O)c2c(I)c(I)cc(I)c2C(=O)O)CC(NC(=O)c2cc(I)cc(I)c2I)C1C(=O)OCCS(=O)(=O)O)c1cc(I)cc(I)c1I. The summed E-state index contributed by atoms with van der Waals surface area (Å²) in [7, 11) is -4.49. The minimum atomic E-state index is -4.49. The Morgan fingerprint density at radius 1 is 0.648 bits per heavy atom. The molecular weight excluding hydrogens is 1750 g/mol. The van der Waals surface area contributed by atoms with Crippen molar-refractivity contribution in [3.63, 3.8) is 0 Å². The summed E-state index contributed by atoms with van der Waals surface area (Å²) in [5.41, 5.74) is 0.385. The predicted octanol–water partition coefficient (Wildman–Crippen LogP) is 7.36. The third kappa shape index (κ3) is 12.5. The van der Waals surface area contributed by atoms with Crippen molar-refractivity contribution in [2.45, 2.75) is 31.0 Å². The van der Waals surface area contributed by atoms with Gasteiger partial charge in [-0.15, -0.1) is 0 Å². The first-order valence-corrected chi connectivity index (χ1v) is 26.2. The average molecular weight is 1770 g/mol. The second-order valence-electron chi connectivity index (χ2n) is 11.5. The highest BCUT2D eigenvalue weighted by atomic mass is 127. The van der Waals surface area contributed by atoms with Gasteiger partial charge in [0.15, 0.2) is 0 Å². The maximum absolute atomic E-state index is 14.0. The predicted molar refractivity (Wildman–Crippen MR) is 275 cm³/mol. The quantitative estimate of drug-likeness (QED) is 0.0559. The summed E-state index contributed by atoms with van der Waals surface area (Å²) < 4.78 is 43.4. The van der Waals surface area contributed by atoms with Crippen molar-refractivity contribution >= 4 is 243 Å². The minimum Gasteiger partial charge on any atom is -0.478 e. The van der Waals surface area contributed by atoms with Crippen LogP contribution in [0.4, 0.5) is 0 Å². The monoisotopic (exact) mass is 1770 g/mol. The third-order valence-electron chi connectivity index (χ3n) is 7.86. The van der Waals surface area contributed by atoms with Crippen molar-refractivity contribution in [1.29, 1.82) is 0 Å². The molecule has 1 saturated carbocycles. The summed E-state index contributed by atoms with van der Waals surface area (Å²) >= 11 is 18.2. The molecule has 0 saturated heterocycles. The Bertz CT molecular complexity index is 2090. The highest BCUT2D eigenvalue weighted by molar-refractivity contribution is 14.1. The molecule has 3 amide bonds. The van der Waals surface area contributed by atoms with Crippen LogP contribution in [0.2, 0.25) is 0 Å².